The number of rotatable bonds is 3. The van der Waals surface area contributed by atoms with E-state index in [-0.39, 0.29) is 11.5 Å². The highest BCUT2D eigenvalue weighted by Crippen LogP contribution is 2.38. The van der Waals surface area contributed by atoms with Crippen molar-refractivity contribution in [2.75, 3.05) is 16.8 Å². The molecule has 2 heterocycles. The van der Waals surface area contributed by atoms with Gasteiger partial charge in [0.05, 0.1) is 22.5 Å². The maximum atomic E-state index is 13.2. The summed E-state index contributed by atoms with van der Waals surface area (Å²) in [5.74, 6) is -0.288. The maximum Gasteiger partial charge on any atom is 0.256 e. The third-order valence-electron chi connectivity index (χ3n) is 5.73. The minimum atomic E-state index is -0.288. The Morgan fingerprint density at radius 3 is 2.47 bits per heavy atom. The molecule has 30 heavy (non-hydrogen) atoms. The van der Waals surface area contributed by atoms with Crippen LogP contribution in [0.25, 0.3) is 10.9 Å². The van der Waals surface area contributed by atoms with Gasteiger partial charge in [0.2, 0.25) is 0 Å². The molecule has 0 saturated carbocycles. The molecule has 0 spiro atoms. The largest absolute Gasteiger partial charge is 0.339 e. The molecule has 1 amide bonds. The Morgan fingerprint density at radius 2 is 1.60 bits per heavy atom. The minimum Gasteiger partial charge on any atom is -0.339 e. The van der Waals surface area contributed by atoms with Crippen molar-refractivity contribution in [1.82, 2.24) is 4.57 Å². The molecule has 1 aliphatic rings. The lowest BCUT2D eigenvalue weighted by Gasteiger charge is -2.23. The van der Waals surface area contributed by atoms with E-state index in [9.17, 15) is 9.59 Å². The summed E-state index contributed by atoms with van der Waals surface area (Å²) in [6.45, 7) is 0.862. The van der Waals surface area contributed by atoms with E-state index in [2.05, 4.69) is 28.4 Å². The van der Waals surface area contributed by atoms with Gasteiger partial charge in [-0.05, 0) is 36.2 Å². The summed E-state index contributed by atoms with van der Waals surface area (Å²) >= 11 is 0. The number of benzene rings is 3. The van der Waals surface area contributed by atoms with Gasteiger partial charge >= 0.3 is 0 Å². The van der Waals surface area contributed by atoms with Gasteiger partial charge < -0.3 is 14.8 Å². The number of amides is 1. The molecular weight excluding hydrogens is 374 g/mol. The van der Waals surface area contributed by atoms with E-state index in [1.54, 1.807) is 11.6 Å². The third kappa shape index (κ3) is 2.95. The number of nitrogens with zero attached hydrogens (tertiary/aromatic N) is 2. The van der Waals surface area contributed by atoms with Crippen LogP contribution >= 0.6 is 0 Å². The summed E-state index contributed by atoms with van der Waals surface area (Å²) in [5, 5.41) is 3.80. The molecule has 4 aromatic rings. The number of fused-ring (bicyclic) bond motifs is 2. The van der Waals surface area contributed by atoms with E-state index < -0.39 is 0 Å². The number of hydrogen-bond acceptors (Lipinski definition) is 3. The second kappa shape index (κ2) is 7.19. The highest BCUT2D eigenvalue weighted by Gasteiger charge is 2.23. The molecule has 1 N–H and O–H groups in total. The van der Waals surface area contributed by atoms with Crippen LogP contribution in [0.4, 0.5) is 17.1 Å². The highest BCUT2D eigenvalue weighted by atomic mass is 16.2. The number of aromatic nitrogens is 1. The Balaban J connectivity index is 1.55. The van der Waals surface area contributed by atoms with Crippen LogP contribution in [0, 0.1) is 0 Å². The first-order valence-electron chi connectivity index (χ1n) is 9.98. The Kier molecular flexibility index (Phi) is 4.36. The van der Waals surface area contributed by atoms with Crippen LogP contribution in [0.2, 0.25) is 0 Å². The molecule has 5 nitrogen and oxygen atoms in total. The molecule has 5 heteroatoms. The van der Waals surface area contributed by atoms with E-state index in [4.69, 9.17) is 0 Å². The standard InChI is InChI=1S/C25H21N3O2/c1-27-22-12-6-3-9-18(22)19(16-24(27)29)25(30)26-20-10-4-7-13-23(20)28-15-14-17-8-2-5-11-21(17)28/h2-13,16H,14-15H2,1H3,(H,26,30). The van der Waals surface area contributed by atoms with Crippen LogP contribution in [0.5, 0.6) is 0 Å². The zero-order valence-corrected chi connectivity index (χ0v) is 16.6. The Bertz CT molecular complexity index is 1340. The van der Waals surface area contributed by atoms with Gasteiger partial charge in [0.25, 0.3) is 11.5 Å². The first kappa shape index (κ1) is 18.2. The van der Waals surface area contributed by atoms with Crippen molar-refractivity contribution < 1.29 is 4.79 Å². The van der Waals surface area contributed by atoms with Crippen LogP contribution in [0.1, 0.15) is 15.9 Å². The van der Waals surface area contributed by atoms with Gasteiger partial charge in [0.15, 0.2) is 0 Å². The molecule has 0 radical (unpaired) electrons. The predicted octanol–water partition coefficient (Wildman–Crippen LogP) is 4.49. The third-order valence-corrected chi connectivity index (χ3v) is 5.73. The fraction of sp³-hybridized carbons (Fsp3) is 0.120. The predicted molar refractivity (Wildman–Crippen MR) is 121 cm³/mol. The molecule has 0 fully saturated rings. The van der Waals surface area contributed by atoms with Crippen LogP contribution in [0.3, 0.4) is 0 Å². The van der Waals surface area contributed by atoms with Crippen LogP contribution in [-0.2, 0) is 13.5 Å². The Labute approximate surface area is 174 Å². The molecule has 0 atom stereocenters. The first-order chi connectivity index (χ1) is 14.6. The van der Waals surface area contributed by atoms with Crippen molar-refractivity contribution in [3.8, 4) is 0 Å². The average Bonchev–Trinajstić information content (AvgIpc) is 3.20. The van der Waals surface area contributed by atoms with E-state index in [0.717, 1.165) is 35.2 Å². The van der Waals surface area contributed by atoms with E-state index in [1.165, 1.54) is 17.3 Å². The highest BCUT2D eigenvalue weighted by molar-refractivity contribution is 6.13. The molecular formula is C25H21N3O2. The SMILES string of the molecule is Cn1c(=O)cc(C(=O)Nc2ccccc2N2CCc3ccccc32)c2ccccc21. The molecule has 0 aliphatic carbocycles. The number of carbonyl (C=O) groups excluding carboxylic acids is 1. The van der Waals surface area contributed by atoms with Gasteiger partial charge in [0.1, 0.15) is 0 Å². The number of hydrogen-bond donors (Lipinski definition) is 1. The minimum absolute atomic E-state index is 0.208. The van der Waals surface area contributed by atoms with Gasteiger partial charge in [-0.2, -0.15) is 0 Å². The van der Waals surface area contributed by atoms with Crippen LogP contribution in [-0.4, -0.2) is 17.0 Å². The van der Waals surface area contributed by atoms with Gasteiger partial charge in [-0.15, -0.1) is 0 Å². The maximum absolute atomic E-state index is 13.2. The lowest BCUT2D eigenvalue weighted by Crippen LogP contribution is -2.22. The number of carbonyl (C=O) groups is 1. The molecule has 0 saturated heterocycles. The molecule has 148 valence electrons. The van der Waals surface area contributed by atoms with Crippen molar-refractivity contribution in [3.63, 3.8) is 0 Å². The average molecular weight is 395 g/mol. The van der Waals surface area contributed by atoms with Crippen LogP contribution in [0.15, 0.2) is 83.7 Å². The molecule has 0 bridgehead atoms. The first-order valence-corrected chi connectivity index (χ1v) is 9.98. The van der Waals surface area contributed by atoms with E-state index >= 15 is 0 Å². The number of pyridine rings is 1. The van der Waals surface area contributed by atoms with Crippen molar-refractivity contribution in [3.05, 3.63) is 100 Å². The number of anilines is 3. The van der Waals surface area contributed by atoms with E-state index in [1.807, 2.05) is 54.6 Å². The summed E-state index contributed by atoms with van der Waals surface area (Å²) in [4.78, 5) is 27.9. The summed E-state index contributed by atoms with van der Waals surface area (Å²) in [7, 11) is 1.71. The van der Waals surface area contributed by atoms with Crippen LogP contribution < -0.4 is 15.8 Å². The molecule has 1 aliphatic heterocycles. The lowest BCUT2D eigenvalue weighted by atomic mass is 10.1. The fourth-order valence-corrected chi connectivity index (χ4v) is 4.19. The molecule has 1 aromatic heterocycles. The lowest BCUT2D eigenvalue weighted by molar-refractivity contribution is 0.102. The molecule has 0 unspecified atom stereocenters. The molecule has 3 aromatic carbocycles. The monoisotopic (exact) mass is 395 g/mol. The van der Waals surface area contributed by atoms with Crippen molar-refractivity contribution in [2.45, 2.75) is 6.42 Å². The number of aryl methyl sites for hydroxylation is 1. The van der Waals surface area contributed by atoms with Gasteiger partial charge in [0, 0.05) is 30.7 Å². The Hall–Kier alpha value is -3.86. The summed E-state index contributed by atoms with van der Waals surface area (Å²) in [5.41, 5.74) is 5.05. The smallest absolute Gasteiger partial charge is 0.256 e. The normalized spacial score (nSPS) is 12.8. The number of para-hydroxylation sites is 4. The number of nitrogens with one attached hydrogen (secondary N) is 1. The quantitative estimate of drug-likeness (QED) is 0.556. The second-order valence-corrected chi connectivity index (χ2v) is 7.47. The Morgan fingerprint density at radius 1 is 0.900 bits per heavy atom. The second-order valence-electron chi connectivity index (χ2n) is 7.47. The van der Waals surface area contributed by atoms with Gasteiger partial charge in [-0.25, -0.2) is 0 Å². The molecule has 5 rings (SSSR count). The summed E-state index contributed by atoms with van der Waals surface area (Å²) < 4.78 is 1.56. The zero-order chi connectivity index (χ0) is 20.7. The van der Waals surface area contributed by atoms with Crippen molar-refractivity contribution in [2.24, 2.45) is 7.05 Å². The topological polar surface area (TPSA) is 54.3 Å². The zero-order valence-electron chi connectivity index (χ0n) is 16.6. The van der Waals surface area contributed by atoms with Crippen molar-refractivity contribution in [1.29, 1.82) is 0 Å². The summed E-state index contributed by atoms with van der Waals surface area (Å²) in [6, 6.07) is 25.0. The van der Waals surface area contributed by atoms with Gasteiger partial charge in [-0.3, -0.25) is 9.59 Å². The van der Waals surface area contributed by atoms with E-state index in [0.29, 0.717) is 5.56 Å². The summed E-state index contributed by atoms with van der Waals surface area (Å²) in [6.07, 6.45) is 0.970. The van der Waals surface area contributed by atoms with Gasteiger partial charge in [-0.1, -0.05) is 48.5 Å². The van der Waals surface area contributed by atoms with Crippen molar-refractivity contribution >= 4 is 33.9 Å². The fourth-order valence-electron chi connectivity index (χ4n) is 4.19.